The minimum Gasteiger partial charge on any atom is -0.472 e. The topological polar surface area (TPSA) is 60.2 Å². The van der Waals surface area contributed by atoms with Crippen molar-refractivity contribution >= 4 is 27.4 Å². The number of hydrogen-bond acceptors (Lipinski definition) is 6. The van der Waals surface area contributed by atoms with Gasteiger partial charge in [0.05, 0.1) is 17.2 Å². The van der Waals surface area contributed by atoms with Crippen LogP contribution in [0.25, 0.3) is 32.7 Å². The van der Waals surface area contributed by atoms with Crippen LogP contribution in [0.4, 0.5) is 14.6 Å². The Morgan fingerprint density at radius 1 is 1.00 bits per heavy atom. The molecule has 0 aliphatic heterocycles. The SMILES string of the molecule is Cc1cc2c(NCCCc3ccc(-c4ccc(OCF)cc4)cc3F)nc(-c3ccoc3)nc2s1. The van der Waals surface area contributed by atoms with Gasteiger partial charge in [0.15, 0.2) is 5.82 Å². The van der Waals surface area contributed by atoms with Gasteiger partial charge in [0.25, 0.3) is 0 Å². The van der Waals surface area contributed by atoms with Gasteiger partial charge in [-0.25, -0.2) is 18.7 Å². The van der Waals surface area contributed by atoms with Gasteiger partial charge in [-0.05, 0) is 66.8 Å². The highest BCUT2D eigenvalue weighted by Crippen LogP contribution is 2.31. The van der Waals surface area contributed by atoms with Crippen molar-refractivity contribution < 1.29 is 17.9 Å². The van der Waals surface area contributed by atoms with Crippen molar-refractivity contribution in [2.75, 3.05) is 18.7 Å². The fourth-order valence-corrected chi connectivity index (χ4v) is 4.80. The van der Waals surface area contributed by atoms with E-state index in [0.29, 0.717) is 30.1 Å². The third-order valence-electron chi connectivity index (χ3n) is 5.67. The van der Waals surface area contributed by atoms with Gasteiger partial charge in [-0.15, -0.1) is 11.3 Å². The molecule has 0 saturated carbocycles. The van der Waals surface area contributed by atoms with Gasteiger partial charge in [0.2, 0.25) is 6.86 Å². The Labute approximate surface area is 205 Å². The Morgan fingerprint density at radius 2 is 1.83 bits per heavy atom. The van der Waals surface area contributed by atoms with Crippen molar-refractivity contribution in [3.05, 3.63) is 83.4 Å². The lowest BCUT2D eigenvalue weighted by molar-refractivity contribution is 0.192. The molecular weight excluding hydrogens is 468 g/mol. The summed E-state index contributed by atoms with van der Waals surface area (Å²) in [6.07, 6.45) is 4.56. The minimum atomic E-state index is -0.877. The predicted molar refractivity (Wildman–Crippen MR) is 135 cm³/mol. The van der Waals surface area contributed by atoms with Crippen molar-refractivity contribution in [2.45, 2.75) is 19.8 Å². The molecule has 5 nitrogen and oxygen atoms in total. The molecule has 0 spiro atoms. The van der Waals surface area contributed by atoms with Crippen molar-refractivity contribution in [1.29, 1.82) is 0 Å². The molecule has 178 valence electrons. The van der Waals surface area contributed by atoms with E-state index in [4.69, 9.17) is 14.1 Å². The molecule has 0 radical (unpaired) electrons. The number of aryl methyl sites for hydroxylation is 2. The van der Waals surface area contributed by atoms with Gasteiger partial charge in [0, 0.05) is 11.4 Å². The zero-order valence-corrected chi connectivity index (χ0v) is 19.9. The van der Waals surface area contributed by atoms with Crippen molar-refractivity contribution in [2.24, 2.45) is 0 Å². The summed E-state index contributed by atoms with van der Waals surface area (Å²) in [6, 6.07) is 16.1. The Kier molecular flexibility index (Phi) is 6.72. The lowest BCUT2D eigenvalue weighted by Crippen LogP contribution is -2.06. The molecule has 0 saturated heterocycles. The molecule has 0 amide bonds. The molecule has 0 unspecified atom stereocenters. The molecule has 0 bridgehead atoms. The van der Waals surface area contributed by atoms with Crippen LogP contribution in [0.15, 0.2) is 71.5 Å². The number of thiophene rings is 1. The van der Waals surface area contributed by atoms with E-state index in [1.165, 1.54) is 6.07 Å². The molecule has 3 aromatic heterocycles. The van der Waals surface area contributed by atoms with Gasteiger partial charge >= 0.3 is 0 Å². The molecule has 0 atom stereocenters. The highest BCUT2D eigenvalue weighted by Gasteiger charge is 2.13. The van der Waals surface area contributed by atoms with Crippen LogP contribution in [0.1, 0.15) is 16.9 Å². The standard InChI is InChI=1S/C27H23F2N3O2S/c1-17-13-23-26(31-25(32-27(23)35-17)21-10-12-33-15-21)30-11-2-3-19-4-5-20(14-24(19)29)18-6-8-22(9-7-18)34-16-28/h4-10,12-15H,2-3,11,16H2,1H3,(H,30,31,32). The quantitative estimate of drug-likeness (QED) is 0.218. The first-order chi connectivity index (χ1) is 17.1. The number of furan rings is 1. The lowest BCUT2D eigenvalue weighted by Gasteiger charge is -2.10. The smallest absolute Gasteiger partial charge is 0.228 e. The number of ether oxygens (including phenoxy) is 1. The molecule has 0 aliphatic carbocycles. The van der Waals surface area contributed by atoms with Crippen LogP contribution < -0.4 is 10.1 Å². The second-order valence-electron chi connectivity index (χ2n) is 8.10. The summed E-state index contributed by atoms with van der Waals surface area (Å²) in [5, 5.41) is 4.39. The van der Waals surface area contributed by atoms with E-state index in [2.05, 4.69) is 16.4 Å². The zero-order chi connectivity index (χ0) is 24.2. The summed E-state index contributed by atoms with van der Waals surface area (Å²) in [4.78, 5) is 11.4. The number of halogens is 2. The van der Waals surface area contributed by atoms with Crippen LogP contribution in [-0.4, -0.2) is 23.4 Å². The summed E-state index contributed by atoms with van der Waals surface area (Å²) in [6.45, 7) is 1.81. The Bertz CT molecular complexity index is 1430. The fraction of sp³-hybridized carbons (Fsp3) is 0.185. The van der Waals surface area contributed by atoms with Crippen LogP contribution in [0.5, 0.6) is 5.75 Å². The number of anilines is 1. The molecule has 5 rings (SSSR count). The normalized spacial score (nSPS) is 11.2. The first-order valence-electron chi connectivity index (χ1n) is 11.2. The zero-order valence-electron chi connectivity index (χ0n) is 19.1. The van der Waals surface area contributed by atoms with Crippen LogP contribution >= 0.6 is 11.3 Å². The van der Waals surface area contributed by atoms with Crippen molar-refractivity contribution in [3.63, 3.8) is 0 Å². The molecule has 2 aromatic carbocycles. The van der Waals surface area contributed by atoms with E-state index < -0.39 is 6.86 Å². The first-order valence-corrected chi connectivity index (χ1v) is 12.0. The number of hydrogen-bond donors (Lipinski definition) is 1. The monoisotopic (exact) mass is 491 g/mol. The summed E-state index contributed by atoms with van der Waals surface area (Å²) < 4.78 is 37.1. The van der Waals surface area contributed by atoms with Gasteiger partial charge < -0.3 is 14.5 Å². The summed E-state index contributed by atoms with van der Waals surface area (Å²) in [7, 11) is 0. The third kappa shape index (κ3) is 5.17. The number of fused-ring (bicyclic) bond motifs is 1. The van der Waals surface area contributed by atoms with E-state index in [1.807, 2.05) is 25.1 Å². The summed E-state index contributed by atoms with van der Waals surface area (Å²) >= 11 is 1.62. The first kappa shape index (κ1) is 23.0. The molecule has 5 aromatic rings. The highest BCUT2D eigenvalue weighted by molar-refractivity contribution is 7.18. The van der Waals surface area contributed by atoms with E-state index in [9.17, 15) is 8.78 Å². The average Bonchev–Trinajstić information content (AvgIpc) is 3.52. The third-order valence-corrected chi connectivity index (χ3v) is 6.62. The lowest BCUT2D eigenvalue weighted by atomic mass is 10.0. The molecule has 0 fully saturated rings. The van der Waals surface area contributed by atoms with E-state index in [-0.39, 0.29) is 5.82 Å². The fourth-order valence-electron chi connectivity index (χ4n) is 3.92. The Hall–Kier alpha value is -3.78. The largest absolute Gasteiger partial charge is 0.472 e. The number of nitrogens with zero attached hydrogens (tertiary/aromatic N) is 2. The predicted octanol–water partition coefficient (Wildman–Crippen LogP) is 7.42. The number of benzene rings is 2. The van der Waals surface area contributed by atoms with E-state index in [1.54, 1.807) is 48.1 Å². The summed E-state index contributed by atoms with van der Waals surface area (Å²) in [5.41, 5.74) is 3.09. The van der Waals surface area contributed by atoms with Gasteiger partial charge in [-0.2, -0.15) is 0 Å². The number of alkyl halides is 1. The maximum Gasteiger partial charge on any atom is 0.228 e. The summed E-state index contributed by atoms with van der Waals surface area (Å²) in [5.74, 6) is 1.58. The van der Waals surface area contributed by atoms with E-state index in [0.717, 1.165) is 44.0 Å². The van der Waals surface area contributed by atoms with Crippen LogP contribution in [0.2, 0.25) is 0 Å². The maximum atomic E-state index is 14.8. The van der Waals surface area contributed by atoms with Crippen LogP contribution in [0.3, 0.4) is 0 Å². The maximum absolute atomic E-state index is 14.8. The molecular formula is C27H23F2N3O2S. The minimum absolute atomic E-state index is 0.244. The second-order valence-corrected chi connectivity index (χ2v) is 9.33. The number of rotatable bonds is 9. The molecule has 35 heavy (non-hydrogen) atoms. The highest BCUT2D eigenvalue weighted by atomic mass is 32.1. The van der Waals surface area contributed by atoms with Gasteiger partial charge in [-0.3, -0.25) is 0 Å². The second kappa shape index (κ2) is 10.2. The van der Waals surface area contributed by atoms with Gasteiger partial charge in [-0.1, -0.05) is 24.3 Å². The number of aromatic nitrogens is 2. The Balaban J connectivity index is 1.24. The van der Waals surface area contributed by atoms with Crippen LogP contribution in [0, 0.1) is 12.7 Å². The molecule has 3 heterocycles. The van der Waals surface area contributed by atoms with Crippen molar-refractivity contribution in [1.82, 2.24) is 9.97 Å². The van der Waals surface area contributed by atoms with E-state index >= 15 is 0 Å². The van der Waals surface area contributed by atoms with Crippen LogP contribution in [-0.2, 0) is 6.42 Å². The molecule has 0 aliphatic rings. The molecule has 1 N–H and O–H groups in total. The Morgan fingerprint density at radius 3 is 2.57 bits per heavy atom. The van der Waals surface area contributed by atoms with Gasteiger partial charge in [0.1, 0.15) is 28.5 Å². The molecule has 8 heteroatoms. The average molecular weight is 492 g/mol. The number of nitrogens with one attached hydrogen (secondary N) is 1. The van der Waals surface area contributed by atoms with Crippen molar-refractivity contribution in [3.8, 4) is 28.3 Å².